The molecule has 1 N–H and O–H groups in total. The van der Waals surface area contributed by atoms with Crippen LogP contribution in [0.2, 0.25) is 0 Å². The van der Waals surface area contributed by atoms with Crippen molar-refractivity contribution in [2.75, 3.05) is 16.8 Å². The van der Waals surface area contributed by atoms with Gasteiger partial charge in [0, 0.05) is 44.4 Å². The number of nitrogens with zero attached hydrogens (tertiary/aromatic N) is 4. The first kappa shape index (κ1) is 21.3. The normalized spacial score (nSPS) is 14.7. The molecule has 1 amide bonds. The number of anilines is 1. The largest absolute Gasteiger partial charge is 0.326 e. The fraction of sp³-hybridized carbons (Fsp3) is 0.550. The van der Waals surface area contributed by atoms with Crippen LogP contribution < -0.4 is 10.9 Å². The Hall–Kier alpha value is -2.42. The molecule has 0 unspecified atom stereocenters. The summed E-state index contributed by atoms with van der Waals surface area (Å²) in [6.45, 7) is 2.69. The first-order valence-corrected chi connectivity index (χ1v) is 11.2. The number of aryl methyl sites for hydroxylation is 2. The van der Waals surface area contributed by atoms with Crippen LogP contribution in [-0.4, -0.2) is 42.8 Å². The third-order valence-electron chi connectivity index (χ3n) is 5.03. The molecule has 3 rings (SSSR count). The smallest absolute Gasteiger partial charge is 0.252 e. The number of pyridine rings is 1. The van der Waals surface area contributed by atoms with Crippen LogP contribution in [0.3, 0.4) is 0 Å². The quantitative estimate of drug-likeness (QED) is 0.497. The van der Waals surface area contributed by atoms with Crippen molar-refractivity contribution in [3.63, 3.8) is 0 Å². The van der Waals surface area contributed by atoms with E-state index in [1.807, 2.05) is 11.8 Å². The highest BCUT2D eigenvalue weighted by atomic mass is 32.2. The van der Waals surface area contributed by atoms with Gasteiger partial charge in [0.15, 0.2) is 5.78 Å². The SMILES string of the molecule is CC(=O)c1cn(CCCCn2ccc(NC(=O)CC3CCSCC3)cc2=O)nn1. The van der Waals surface area contributed by atoms with Crippen molar-refractivity contribution in [1.29, 1.82) is 0 Å². The molecule has 8 nitrogen and oxygen atoms in total. The molecule has 0 bridgehead atoms. The molecule has 29 heavy (non-hydrogen) atoms. The van der Waals surface area contributed by atoms with E-state index in [2.05, 4.69) is 15.6 Å². The average Bonchev–Trinajstić information content (AvgIpc) is 3.17. The van der Waals surface area contributed by atoms with Gasteiger partial charge in [0.2, 0.25) is 5.91 Å². The average molecular weight is 418 g/mol. The molecule has 0 atom stereocenters. The summed E-state index contributed by atoms with van der Waals surface area (Å²) in [5.41, 5.74) is 0.790. The highest BCUT2D eigenvalue weighted by molar-refractivity contribution is 7.99. The summed E-state index contributed by atoms with van der Waals surface area (Å²) < 4.78 is 3.28. The fourth-order valence-corrected chi connectivity index (χ4v) is 4.52. The zero-order valence-corrected chi connectivity index (χ0v) is 17.5. The van der Waals surface area contributed by atoms with Gasteiger partial charge in [-0.1, -0.05) is 5.21 Å². The fourth-order valence-electron chi connectivity index (χ4n) is 3.32. The van der Waals surface area contributed by atoms with Crippen LogP contribution in [0.1, 0.15) is 49.5 Å². The third-order valence-corrected chi connectivity index (χ3v) is 6.08. The van der Waals surface area contributed by atoms with Gasteiger partial charge in [0.25, 0.3) is 5.56 Å². The van der Waals surface area contributed by atoms with Gasteiger partial charge in [-0.15, -0.1) is 5.10 Å². The number of unbranched alkanes of at least 4 members (excludes halogenated alkanes) is 1. The molecule has 2 aromatic rings. The molecular formula is C20H27N5O3S. The second-order valence-electron chi connectivity index (χ2n) is 7.39. The molecule has 0 aliphatic carbocycles. The second kappa shape index (κ2) is 10.4. The van der Waals surface area contributed by atoms with Crippen LogP contribution in [0, 0.1) is 5.92 Å². The van der Waals surface area contributed by atoms with E-state index in [-0.39, 0.29) is 17.2 Å². The minimum Gasteiger partial charge on any atom is -0.326 e. The molecule has 0 aromatic carbocycles. The monoisotopic (exact) mass is 417 g/mol. The van der Waals surface area contributed by atoms with Crippen LogP contribution in [0.4, 0.5) is 5.69 Å². The lowest BCUT2D eigenvalue weighted by atomic mass is 9.98. The lowest BCUT2D eigenvalue weighted by Gasteiger charge is -2.20. The molecule has 3 heterocycles. The number of rotatable bonds is 9. The Morgan fingerprint density at radius 3 is 2.69 bits per heavy atom. The van der Waals surface area contributed by atoms with Crippen molar-refractivity contribution in [3.05, 3.63) is 40.6 Å². The van der Waals surface area contributed by atoms with E-state index in [4.69, 9.17) is 0 Å². The highest BCUT2D eigenvalue weighted by Gasteiger charge is 2.17. The maximum atomic E-state index is 12.3. The summed E-state index contributed by atoms with van der Waals surface area (Å²) >= 11 is 1.94. The number of ketones is 1. The summed E-state index contributed by atoms with van der Waals surface area (Å²) in [4.78, 5) is 35.7. The van der Waals surface area contributed by atoms with Crippen molar-refractivity contribution >= 4 is 29.1 Å². The van der Waals surface area contributed by atoms with E-state index < -0.39 is 0 Å². The number of hydrogen-bond donors (Lipinski definition) is 1. The maximum Gasteiger partial charge on any atom is 0.252 e. The standard InChI is InChI=1S/C20H27N5O3S/c1-15(26)18-14-25(23-22-18)8-3-2-7-24-9-4-17(13-20(24)28)21-19(27)12-16-5-10-29-11-6-16/h4,9,13-14,16H,2-3,5-8,10-12H2,1H3,(H,21,27). The summed E-state index contributed by atoms with van der Waals surface area (Å²) in [7, 11) is 0. The number of Topliss-reactive ketones (excluding diaryl/α,β-unsaturated/α-hetero) is 1. The lowest BCUT2D eigenvalue weighted by molar-refractivity contribution is -0.117. The van der Waals surface area contributed by atoms with Crippen LogP contribution in [0.25, 0.3) is 0 Å². The van der Waals surface area contributed by atoms with E-state index in [1.165, 1.54) is 13.0 Å². The molecule has 2 aromatic heterocycles. The van der Waals surface area contributed by atoms with E-state index in [0.29, 0.717) is 36.8 Å². The van der Waals surface area contributed by atoms with Crippen LogP contribution in [0.15, 0.2) is 29.3 Å². The Morgan fingerprint density at radius 1 is 1.24 bits per heavy atom. The molecule has 156 valence electrons. The third kappa shape index (κ3) is 6.56. The number of amides is 1. The van der Waals surface area contributed by atoms with Gasteiger partial charge in [0.05, 0.1) is 6.20 Å². The number of nitrogens with one attached hydrogen (secondary N) is 1. The number of thioether (sulfide) groups is 1. The van der Waals surface area contributed by atoms with Crippen molar-refractivity contribution in [2.24, 2.45) is 5.92 Å². The zero-order valence-electron chi connectivity index (χ0n) is 16.7. The van der Waals surface area contributed by atoms with Gasteiger partial charge in [0.1, 0.15) is 5.69 Å². The van der Waals surface area contributed by atoms with Crippen LogP contribution >= 0.6 is 11.8 Å². The molecule has 0 radical (unpaired) electrons. The predicted molar refractivity (Wildman–Crippen MR) is 113 cm³/mol. The Labute approximate surface area is 174 Å². The molecule has 1 fully saturated rings. The number of carbonyl (C=O) groups is 2. The minimum absolute atomic E-state index is 0.0168. The number of aromatic nitrogens is 4. The van der Waals surface area contributed by atoms with E-state index in [0.717, 1.165) is 37.2 Å². The minimum atomic E-state index is -0.128. The molecule has 0 spiro atoms. The summed E-state index contributed by atoms with van der Waals surface area (Å²) in [6, 6.07) is 3.25. The van der Waals surface area contributed by atoms with Crippen molar-refractivity contribution < 1.29 is 9.59 Å². The first-order chi connectivity index (χ1) is 14.0. The van der Waals surface area contributed by atoms with Gasteiger partial charge in [-0.25, -0.2) is 0 Å². The first-order valence-electron chi connectivity index (χ1n) is 10.0. The molecule has 9 heteroatoms. The Kier molecular flexibility index (Phi) is 7.62. The molecule has 1 saturated heterocycles. The Bertz CT molecular complexity index is 902. The predicted octanol–water partition coefficient (Wildman–Crippen LogP) is 2.59. The number of hydrogen-bond acceptors (Lipinski definition) is 6. The highest BCUT2D eigenvalue weighted by Crippen LogP contribution is 2.25. The Balaban J connectivity index is 1.43. The van der Waals surface area contributed by atoms with Gasteiger partial charge in [-0.05, 0) is 49.2 Å². The lowest BCUT2D eigenvalue weighted by Crippen LogP contribution is -2.23. The van der Waals surface area contributed by atoms with E-state index in [1.54, 1.807) is 27.7 Å². The molecule has 0 saturated carbocycles. The van der Waals surface area contributed by atoms with Gasteiger partial charge in [-0.3, -0.25) is 19.1 Å². The van der Waals surface area contributed by atoms with Crippen molar-refractivity contribution in [3.8, 4) is 0 Å². The molecule has 1 aliphatic heterocycles. The van der Waals surface area contributed by atoms with Crippen molar-refractivity contribution in [1.82, 2.24) is 19.6 Å². The Morgan fingerprint density at radius 2 is 2.00 bits per heavy atom. The summed E-state index contributed by atoms with van der Waals surface area (Å²) in [6.07, 6.45) is 7.66. The number of carbonyl (C=O) groups excluding carboxylic acids is 2. The maximum absolute atomic E-state index is 12.3. The van der Waals surface area contributed by atoms with Crippen LogP contribution in [-0.2, 0) is 17.9 Å². The van der Waals surface area contributed by atoms with Gasteiger partial charge < -0.3 is 9.88 Å². The van der Waals surface area contributed by atoms with Gasteiger partial charge >= 0.3 is 0 Å². The summed E-state index contributed by atoms with van der Waals surface area (Å²) in [5, 5.41) is 10.6. The van der Waals surface area contributed by atoms with Crippen LogP contribution in [0.5, 0.6) is 0 Å². The molecule has 1 aliphatic rings. The van der Waals surface area contributed by atoms with Crippen molar-refractivity contribution in [2.45, 2.75) is 52.1 Å². The second-order valence-corrected chi connectivity index (χ2v) is 8.61. The molecular weight excluding hydrogens is 390 g/mol. The summed E-state index contributed by atoms with van der Waals surface area (Å²) in [5.74, 6) is 2.59. The zero-order chi connectivity index (χ0) is 20.6. The van der Waals surface area contributed by atoms with E-state index >= 15 is 0 Å². The van der Waals surface area contributed by atoms with Gasteiger partial charge in [-0.2, -0.15) is 11.8 Å². The topological polar surface area (TPSA) is 98.9 Å². The van der Waals surface area contributed by atoms with E-state index in [9.17, 15) is 14.4 Å².